The van der Waals surface area contributed by atoms with Crippen molar-refractivity contribution >= 4 is 5.91 Å². The van der Waals surface area contributed by atoms with Crippen LogP contribution < -0.4 is 15.4 Å². The van der Waals surface area contributed by atoms with Crippen LogP contribution in [-0.2, 0) is 4.79 Å². The maximum Gasteiger partial charge on any atom is 0.237 e. The number of rotatable bonds is 5. The fraction of sp³-hybridized carbons (Fsp3) is 0.588. The Kier molecular flexibility index (Phi) is 5.10. The number of halogens is 2. The Bertz CT molecular complexity index is 554. The first kappa shape index (κ1) is 16.2. The predicted octanol–water partition coefficient (Wildman–Crippen LogP) is 2.38. The molecule has 2 aliphatic rings. The molecule has 0 bridgehead atoms. The molecule has 1 saturated carbocycles. The molecule has 1 aliphatic carbocycles. The molecule has 126 valence electrons. The van der Waals surface area contributed by atoms with Crippen molar-refractivity contribution < 1.29 is 18.3 Å². The van der Waals surface area contributed by atoms with Crippen LogP contribution in [0.5, 0.6) is 5.75 Å². The summed E-state index contributed by atoms with van der Waals surface area (Å²) in [5, 5.41) is 6.26. The molecule has 1 aromatic rings. The SMILES string of the molecule is O=C(NCCOc1ccc(F)c(F)c1)C1CC2CCCCC2N1. The highest BCUT2D eigenvalue weighted by Gasteiger charge is 2.37. The average molecular weight is 324 g/mol. The molecule has 6 heteroatoms. The maximum absolute atomic E-state index is 13.0. The van der Waals surface area contributed by atoms with Crippen molar-refractivity contribution in [3.05, 3.63) is 29.8 Å². The van der Waals surface area contributed by atoms with E-state index in [1.165, 1.54) is 25.3 Å². The van der Waals surface area contributed by atoms with E-state index in [9.17, 15) is 13.6 Å². The van der Waals surface area contributed by atoms with Crippen molar-refractivity contribution in [1.29, 1.82) is 0 Å². The van der Waals surface area contributed by atoms with Gasteiger partial charge in [0.15, 0.2) is 11.6 Å². The van der Waals surface area contributed by atoms with Gasteiger partial charge in [-0.3, -0.25) is 4.79 Å². The highest BCUT2D eigenvalue weighted by atomic mass is 19.2. The van der Waals surface area contributed by atoms with Crippen molar-refractivity contribution in [1.82, 2.24) is 10.6 Å². The molecule has 2 fully saturated rings. The Balaban J connectivity index is 1.38. The van der Waals surface area contributed by atoms with E-state index in [-0.39, 0.29) is 24.3 Å². The summed E-state index contributed by atoms with van der Waals surface area (Å²) >= 11 is 0. The monoisotopic (exact) mass is 324 g/mol. The molecule has 1 aliphatic heterocycles. The number of carbonyl (C=O) groups is 1. The van der Waals surface area contributed by atoms with Crippen LogP contribution in [0.3, 0.4) is 0 Å². The van der Waals surface area contributed by atoms with Gasteiger partial charge >= 0.3 is 0 Å². The first-order valence-corrected chi connectivity index (χ1v) is 8.25. The third kappa shape index (κ3) is 3.99. The molecule has 1 saturated heterocycles. The molecule has 1 aromatic carbocycles. The molecule has 3 unspecified atom stereocenters. The van der Waals surface area contributed by atoms with E-state index < -0.39 is 11.6 Å². The maximum atomic E-state index is 13.0. The normalized spacial score (nSPS) is 26.6. The Morgan fingerprint density at radius 1 is 1.26 bits per heavy atom. The van der Waals surface area contributed by atoms with E-state index in [1.807, 2.05) is 0 Å². The summed E-state index contributed by atoms with van der Waals surface area (Å²) in [5.74, 6) is -0.974. The van der Waals surface area contributed by atoms with Crippen LogP contribution in [0.25, 0.3) is 0 Å². The smallest absolute Gasteiger partial charge is 0.237 e. The molecular weight excluding hydrogens is 302 g/mol. The first-order valence-electron chi connectivity index (χ1n) is 8.25. The van der Waals surface area contributed by atoms with Gasteiger partial charge in [-0.15, -0.1) is 0 Å². The lowest BCUT2D eigenvalue weighted by Crippen LogP contribution is -2.44. The fourth-order valence-corrected chi connectivity index (χ4v) is 3.55. The number of carbonyl (C=O) groups excluding carboxylic acids is 1. The van der Waals surface area contributed by atoms with Gasteiger partial charge in [-0.2, -0.15) is 0 Å². The second kappa shape index (κ2) is 7.25. The summed E-state index contributed by atoms with van der Waals surface area (Å²) in [4.78, 5) is 12.2. The molecule has 1 heterocycles. The third-order valence-electron chi connectivity index (χ3n) is 4.74. The van der Waals surface area contributed by atoms with Crippen molar-refractivity contribution in [3.63, 3.8) is 0 Å². The molecule has 4 nitrogen and oxygen atoms in total. The molecule has 0 aromatic heterocycles. The van der Waals surface area contributed by atoms with Gasteiger partial charge in [0.2, 0.25) is 5.91 Å². The lowest BCUT2D eigenvalue weighted by atomic mass is 9.85. The molecular formula is C17H22F2N2O2. The van der Waals surface area contributed by atoms with Gasteiger partial charge in [0, 0.05) is 12.1 Å². The summed E-state index contributed by atoms with van der Waals surface area (Å²) < 4.78 is 31.1. The van der Waals surface area contributed by atoms with E-state index in [0.29, 0.717) is 18.5 Å². The van der Waals surface area contributed by atoms with Crippen LogP contribution in [-0.4, -0.2) is 31.1 Å². The molecule has 0 radical (unpaired) electrons. The zero-order valence-corrected chi connectivity index (χ0v) is 13.0. The van der Waals surface area contributed by atoms with E-state index in [1.54, 1.807) is 0 Å². The van der Waals surface area contributed by atoms with E-state index in [0.717, 1.165) is 25.0 Å². The third-order valence-corrected chi connectivity index (χ3v) is 4.74. The summed E-state index contributed by atoms with van der Waals surface area (Å²) in [7, 11) is 0. The van der Waals surface area contributed by atoms with E-state index in [2.05, 4.69) is 10.6 Å². The van der Waals surface area contributed by atoms with Gasteiger partial charge < -0.3 is 15.4 Å². The minimum absolute atomic E-state index is 0.00622. The summed E-state index contributed by atoms with van der Waals surface area (Å²) in [6, 6.07) is 3.75. The lowest BCUT2D eigenvalue weighted by molar-refractivity contribution is -0.123. The molecule has 2 N–H and O–H groups in total. The summed E-state index contributed by atoms with van der Waals surface area (Å²) in [6.07, 6.45) is 5.78. The Hall–Kier alpha value is -1.69. The predicted molar refractivity (Wildman–Crippen MR) is 82.1 cm³/mol. The second-order valence-corrected chi connectivity index (χ2v) is 6.32. The van der Waals surface area contributed by atoms with E-state index in [4.69, 9.17) is 4.74 Å². The number of ether oxygens (including phenoxy) is 1. The van der Waals surface area contributed by atoms with E-state index >= 15 is 0 Å². The highest BCUT2D eigenvalue weighted by Crippen LogP contribution is 2.33. The van der Waals surface area contributed by atoms with Gasteiger partial charge in [-0.05, 0) is 37.3 Å². The number of benzene rings is 1. The lowest BCUT2D eigenvalue weighted by Gasteiger charge is -2.24. The zero-order valence-electron chi connectivity index (χ0n) is 13.0. The Labute approximate surface area is 134 Å². The van der Waals surface area contributed by atoms with Crippen molar-refractivity contribution in [2.75, 3.05) is 13.2 Å². The molecule has 3 atom stereocenters. The highest BCUT2D eigenvalue weighted by molar-refractivity contribution is 5.82. The van der Waals surface area contributed by atoms with Gasteiger partial charge in [0.05, 0.1) is 12.6 Å². The van der Waals surface area contributed by atoms with Crippen molar-refractivity contribution in [2.24, 2.45) is 5.92 Å². The number of amides is 1. The number of fused-ring (bicyclic) bond motifs is 1. The topological polar surface area (TPSA) is 50.4 Å². The van der Waals surface area contributed by atoms with Crippen molar-refractivity contribution in [2.45, 2.75) is 44.2 Å². The van der Waals surface area contributed by atoms with Gasteiger partial charge in [0.25, 0.3) is 0 Å². The minimum atomic E-state index is -0.940. The molecule has 1 amide bonds. The van der Waals surface area contributed by atoms with Gasteiger partial charge in [0.1, 0.15) is 12.4 Å². The fourth-order valence-electron chi connectivity index (χ4n) is 3.55. The average Bonchev–Trinajstić information content (AvgIpc) is 2.99. The summed E-state index contributed by atoms with van der Waals surface area (Å²) in [5.41, 5.74) is 0. The minimum Gasteiger partial charge on any atom is -0.492 e. The zero-order chi connectivity index (χ0) is 16.2. The summed E-state index contributed by atoms with van der Waals surface area (Å²) in [6.45, 7) is 0.557. The standard InChI is InChI=1S/C17H22F2N2O2/c18-13-6-5-12(10-14(13)19)23-8-7-20-17(22)16-9-11-3-1-2-4-15(11)21-16/h5-6,10-11,15-16,21H,1-4,7-9H2,(H,20,22). The Morgan fingerprint density at radius 3 is 2.87 bits per heavy atom. The van der Waals surface area contributed by atoms with Crippen LogP contribution in [0.1, 0.15) is 32.1 Å². The molecule has 3 rings (SSSR count). The van der Waals surface area contributed by atoms with Crippen LogP contribution >= 0.6 is 0 Å². The van der Waals surface area contributed by atoms with Gasteiger partial charge in [-0.25, -0.2) is 8.78 Å². The van der Waals surface area contributed by atoms with Crippen LogP contribution in [0, 0.1) is 17.6 Å². The number of nitrogens with one attached hydrogen (secondary N) is 2. The molecule has 0 spiro atoms. The molecule has 23 heavy (non-hydrogen) atoms. The quantitative estimate of drug-likeness (QED) is 0.818. The number of hydrogen-bond acceptors (Lipinski definition) is 3. The number of hydrogen-bond donors (Lipinski definition) is 2. The first-order chi connectivity index (χ1) is 11.1. The van der Waals surface area contributed by atoms with Crippen LogP contribution in [0.4, 0.5) is 8.78 Å². The Morgan fingerprint density at radius 2 is 2.09 bits per heavy atom. The largest absolute Gasteiger partial charge is 0.492 e. The van der Waals surface area contributed by atoms with Gasteiger partial charge in [-0.1, -0.05) is 12.8 Å². The second-order valence-electron chi connectivity index (χ2n) is 6.32. The van der Waals surface area contributed by atoms with Crippen molar-refractivity contribution in [3.8, 4) is 5.75 Å². The van der Waals surface area contributed by atoms with Crippen LogP contribution in [0.15, 0.2) is 18.2 Å². The van der Waals surface area contributed by atoms with Crippen LogP contribution in [0.2, 0.25) is 0 Å².